The minimum Gasteiger partial charge on any atom is -0.493 e. The van der Waals surface area contributed by atoms with E-state index in [-0.39, 0.29) is 11.5 Å². The van der Waals surface area contributed by atoms with Crippen LogP contribution < -0.4 is 10.1 Å². The Balaban J connectivity index is 2.02. The maximum atomic E-state index is 11.1. The van der Waals surface area contributed by atoms with Crippen LogP contribution in [-0.4, -0.2) is 17.8 Å². The zero-order valence-electron chi connectivity index (χ0n) is 13.5. The number of hydrogen-bond donors (Lipinski definition) is 2. The van der Waals surface area contributed by atoms with Crippen molar-refractivity contribution in [2.45, 2.75) is 19.9 Å². The minimum absolute atomic E-state index is 0.335. The summed E-state index contributed by atoms with van der Waals surface area (Å²) in [7, 11) is 0. The predicted octanol–water partition coefficient (Wildman–Crippen LogP) is 3.95. The van der Waals surface area contributed by atoms with Gasteiger partial charge in [-0.15, -0.1) is 0 Å². The highest BCUT2D eigenvalue weighted by molar-refractivity contribution is 5.69. The van der Waals surface area contributed by atoms with Gasteiger partial charge < -0.3 is 15.2 Å². The number of carboxylic acid groups (broad SMARTS) is 1. The number of nitrogens with zero attached hydrogens (tertiary/aromatic N) is 1. The van der Waals surface area contributed by atoms with Crippen LogP contribution in [0.5, 0.6) is 5.75 Å². The van der Waals surface area contributed by atoms with E-state index >= 15 is 0 Å². The van der Waals surface area contributed by atoms with Gasteiger partial charge in [-0.1, -0.05) is 38.1 Å². The second kappa shape index (κ2) is 5.89. The number of fused-ring (bicyclic) bond motifs is 1. The molecule has 1 unspecified atom stereocenters. The van der Waals surface area contributed by atoms with E-state index < -0.39 is 6.09 Å². The molecule has 0 radical (unpaired) electrons. The number of amides is 1. The van der Waals surface area contributed by atoms with Gasteiger partial charge in [0.05, 0.1) is 24.3 Å². The van der Waals surface area contributed by atoms with Gasteiger partial charge in [0, 0.05) is 11.0 Å². The molecule has 0 saturated carbocycles. The Morgan fingerprint density at radius 3 is 2.75 bits per heavy atom. The average Bonchev–Trinajstić information content (AvgIpc) is 2.57. The van der Waals surface area contributed by atoms with E-state index in [0.717, 1.165) is 16.7 Å². The second-order valence-corrected chi connectivity index (χ2v) is 6.60. The molecule has 24 heavy (non-hydrogen) atoms. The topological polar surface area (TPSA) is 82.3 Å². The molecule has 5 nitrogen and oxygen atoms in total. The van der Waals surface area contributed by atoms with Gasteiger partial charge in [-0.25, -0.2) is 4.79 Å². The van der Waals surface area contributed by atoms with Gasteiger partial charge in [0.1, 0.15) is 5.75 Å². The highest BCUT2D eigenvalue weighted by Gasteiger charge is 2.38. The number of hydrogen-bond acceptors (Lipinski definition) is 3. The third-order valence-electron chi connectivity index (χ3n) is 4.30. The molecule has 2 N–H and O–H groups in total. The lowest BCUT2D eigenvalue weighted by Gasteiger charge is -2.39. The summed E-state index contributed by atoms with van der Waals surface area (Å²) in [4.78, 5) is 11.1. The predicted molar refractivity (Wildman–Crippen MR) is 89.8 cm³/mol. The van der Waals surface area contributed by atoms with Crippen LogP contribution in [0.25, 0.3) is 11.1 Å². The number of ether oxygens (including phenoxy) is 1. The summed E-state index contributed by atoms with van der Waals surface area (Å²) < 4.78 is 5.87. The van der Waals surface area contributed by atoms with Gasteiger partial charge in [0.25, 0.3) is 0 Å². The Labute approximate surface area is 140 Å². The Morgan fingerprint density at radius 1 is 1.29 bits per heavy atom. The Morgan fingerprint density at radius 2 is 2.04 bits per heavy atom. The van der Waals surface area contributed by atoms with Crippen molar-refractivity contribution in [3.8, 4) is 22.9 Å². The van der Waals surface area contributed by atoms with E-state index in [1.807, 2.05) is 50.2 Å². The van der Waals surface area contributed by atoms with Gasteiger partial charge in [-0.05, 0) is 29.3 Å². The van der Waals surface area contributed by atoms with Crippen LogP contribution in [-0.2, 0) is 0 Å². The number of nitrogens with one attached hydrogen (secondary N) is 1. The molecule has 1 atom stereocenters. The van der Waals surface area contributed by atoms with Crippen molar-refractivity contribution >= 4 is 6.09 Å². The zero-order chi connectivity index (χ0) is 17.3. The van der Waals surface area contributed by atoms with Crippen LogP contribution in [0, 0.1) is 16.7 Å². The fourth-order valence-corrected chi connectivity index (χ4v) is 3.01. The smallest absolute Gasteiger partial charge is 0.405 e. The summed E-state index contributed by atoms with van der Waals surface area (Å²) in [6.07, 6.45) is -1.05. The van der Waals surface area contributed by atoms with Crippen molar-refractivity contribution in [1.29, 1.82) is 5.26 Å². The number of rotatable bonds is 2. The van der Waals surface area contributed by atoms with E-state index in [4.69, 9.17) is 15.1 Å². The standard InChI is InChI=1S/C19H18N2O3/c1-19(2)11-24-16-9-14(13-5-3-4-12(8-13)10-20)6-7-15(16)17(19)21-18(22)23/h3-9,17,21H,11H2,1-2H3,(H,22,23). The molecule has 5 heteroatoms. The molecule has 0 bridgehead atoms. The molecule has 2 aromatic rings. The van der Waals surface area contributed by atoms with Gasteiger partial charge in [-0.3, -0.25) is 0 Å². The van der Waals surface area contributed by atoms with Crippen LogP contribution in [0.3, 0.4) is 0 Å². The first-order chi connectivity index (χ1) is 11.4. The Hall–Kier alpha value is -3.00. The molecule has 0 aromatic heterocycles. The summed E-state index contributed by atoms with van der Waals surface area (Å²) >= 11 is 0. The molecule has 1 aliphatic rings. The summed E-state index contributed by atoms with van der Waals surface area (Å²) in [6, 6.07) is 14.9. The number of carbonyl (C=O) groups is 1. The number of nitriles is 1. The maximum Gasteiger partial charge on any atom is 0.405 e. The molecule has 1 heterocycles. The molecule has 0 saturated heterocycles. The normalized spacial score (nSPS) is 18.0. The molecule has 3 rings (SSSR count). The minimum atomic E-state index is -1.05. The molecule has 122 valence electrons. The third kappa shape index (κ3) is 2.91. The summed E-state index contributed by atoms with van der Waals surface area (Å²) in [6.45, 7) is 4.37. The molecule has 0 aliphatic carbocycles. The van der Waals surface area contributed by atoms with Crippen molar-refractivity contribution in [2.24, 2.45) is 5.41 Å². The van der Waals surface area contributed by atoms with Crippen LogP contribution >= 0.6 is 0 Å². The van der Waals surface area contributed by atoms with E-state index in [2.05, 4.69) is 11.4 Å². The van der Waals surface area contributed by atoms with E-state index in [0.29, 0.717) is 17.9 Å². The summed E-state index contributed by atoms with van der Waals surface area (Å²) in [5, 5.41) is 20.8. The van der Waals surface area contributed by atoms with Crippen LogP contribution in [0.15, 0.2) is 42.5 Å². The fourth-order valence-electron chi connectivity index (χ4n) is 3.01. The van der Waals surface area contributed by atoms with Crippen LogP contribution in [0.4, 0.5) is 4.79 Å². The van der Waals surface area contributed by atoms with Crippen molar-refractivity contribution < 1.29 is 14.6 Å². The van der Waals surface area contributed by atoms with Gasteiger partial charge in [0.15, 0.2) is 0 Å². The van der Waals surface area contributed by atoms with Crippen LogP contribution in [0.1, 0.15) is 31.0 Å². The SMILES string of the molecule is CC1(C)COc2cc(-c3cccc(C#N)c3)ccc2C1NC(=O)O. The molecule has 0 spiro atoms. The second-order valence-electron chi connectivity index (χ2n) is 6.60. The largest absolute Gasteiger partial charge is 0.493 e. The van der Waals surface area contributed by atoms with Gasteiger partial charge >= 0.3 is 6.09 Å². The monoisotopic (exact) mass is 322 g/mol. The number of benzene rings is 2. The molecule has 1 amide bonds. The zero-order valence-corrected chi connectivity index (χ0v) is 13.5. The quantitative estimate of drug-likeness (QED) is 0.877. The molecular weight excluding hydrogens is 304 g/mol. The van der Waals surface area contributed by atoms with Crippen molar-refractivity contribution in [2.75, 3.05) is 6.61 Å². The lowest BCUT2D eigenvalue weighted by Crippen LogP contribution is -2.43. The lowest BCUT2D eigenvalue weighted by atomic mass is 9.78. The van der Waals surface area contributed by atoms with E-state index in [1.165, 1.54) is 0 Å². The highest BCUT2D eigenvalue weighted by Crippen LogP contribution is 2.44. The van der Waals surface area contributed by atoms with E-state index in [1.54, 1.807) is 6.07 Å². The maximum absolute atomic E-state index is 11.1. The summed E-state index contributed by atoms with van der Waals surface area (Å²) in [5.74, 6) is 0.674. The van der Waals surface area contributed by atoms with E-state index in [9.17, 15) is 4.79 Å². The molecule has 2 aromatic carbocycles. The van der Waals surface area contributed by atoms with Crippen molar-refractivity contribution in [1.82, 2.24) is 5.32 Å². The molecular formula is C19H18N2O3. The first-order valence-corrected chi connectivity index (χ1v) is 7.67. The average molecular weight is 322 g/mol. The highest BCUT2D eigenvalue weighted by atomic mass is 16.5. The van der Waals surface area contributed by atoms with Crippen molar-refractivity contribution in [3.05, 3.63) is 53.6 Å². The lowest BCUT2D eigenvalue weighted by molar-refractivity contribution is 0.0996. The summed E-state index contributed by atoms with van der Waals surface area (Å²) in [5.41, 5.74) is 2.94. The van der Waals surface area contributed by atoms with Gasteiger partial charge in [0.2, 0.25) is 0 Å². The third-order valence-corrected chi connectivity index (χ3v) is 4.30. The fraction of sp³-hybridized carbons (Fsp3) is 0.263. The first kappa shape index (κ1) is 15.9. The molecule has 0 fully saturated rings. The Bertz CT molecular complexity index is 837. The molecule has 1 aliphatic heterocycles. The van der Waals surface area contributed by atoms with Crippen LogP contribution in [0.2, 0.25) is 0 Å². The first-order valence-electron chi connectivity index (χ1n) is 7.67. The Kier molecular flexibility index (Phi) is 3.90. The van der Waals surface area contributed by atoms with Crippen molar-refractivity contribution in [3.63, 3.8) is 0 Å². The van der Waals surface area contributed by atoms with Gasteiger partial charge in [-0.2, -0.15) is 5.26 Å².